The van der Waals surface area contributed by atoms with E-state index in [2.05, 4.69) is 15.7 Å². The molecule has 0 atom stereocenters. The van der Waals surface area contributed by atoms with Gasteiger partial charge in [-0.05, 0) is 46.1 Å². The number of amides is 1. The van der Waals surface area contributed by atoms with Crippen LogP contribution < -0.4 is 11.0 Å². The van der Waals surface area contributed by atoms with Crippen molar-refractivity contribution in [3.05, 3.63) is 56.8 Å². The SMILES string of the molecule is O=C(Cn1nnn(-c2cccs2)c1=O)Nc1ccc(Cl)cc1C(F)(F)F. The van der Waals surface area contributed by atoms with E-state index in [4.69, 9.17) is 11.6 Å². The standard InChI is InChI=1S/C14H9ClF3N5O2S/c15-8-3-4-10(9(6-8)14(16,17)18)19-11(24)7-22-13(25)23(21-20-22)12-2-1-5-26-12/h1-6H,7H2,(H,19,24). The average Bonchev–Trinajstić information content (AvgIpc) is 3.19. The quantitative estimate of drug-likeness (QED) is 0.726. The number of halogens is 4. The Bertz CT molecular complexity index is 997. The summed E-state index contributed by atoms with van der Waals surface area (Å²) < 4.78 is 40.9. The van der Waals surface area contributed by atoms with Crippen LogP contribution >= 0.6 is 22.9 Å². The summed E-state index contributed by atoms with van der Waals surface area (Å²) in [7, 11) is 0. The van der Waals surface area contributed by atoms with Crippen molar-refractivity contribution in [2.45, 2.75) is 12.7 Å². The molecule has 3 aromatic rings. The number of anilines is 1. The van der Waals surface area contributed by atoms with Gasteiger partial charge >= 0.3 is 11.9 Å². The largest absolute Gasteiger partial charge is 0.418 e. The number of hydrogen-bond donors (Lipinski definition) is 1. The lowest BCUT2D eigenvalue weighted by molar-refractivity contribution is -0.137. The van der Waals surface area contributed by atoms with Gasteiger partial charge in [-0.2, -0.15) is 22.5 Å². The zero-order valence-corrected chi connectivity index (χ0v) is 14.3. The van der Waals surface area contributed by atoms with Gasteiger partial charge in [-0.15, -0.1) is 11.3 Å². The molecule has 0 radical (unpaired) electrons. The number of nitrogens with zero attached hydrogens (tertiary/aromatic N) is 4. The molecular weight excluding hydrogens is 395 g/mol. The van der Waals surface area contributed by atoms with Gasteiger partial charge < -0.3 is 5.32 Å². The van der Waals surface area contributed by atoms with E-state index in [1.54, 1.807) is 17.5 Å². The van der Waals surface area contributed by atoms with Crippen molar-refractivity contribution < 1.29 is 18.0 Å². The molecule has 26 heavy (non-hydrogen) atoms. The second-order valence-corrected chi connectivity index (χ2v) is 6.38. The molecule has 0 aliphatic carbocycles. The minimum atomic E-state index is -4.70. The van der Waals surface area contributed by atoms with Crippen molar-refractivity contribution in [1.29, 1.82) is 0 Å². The number of tetrazole rings is 1. The molecule has 7 nitrogen and oxygen atoms in total. The summed E-state index contributed by atoms with van der Waals surface area (Å²) in [6.45, 7) is -0.593. The first-order valence-corrected chi connectivity index (χ1v) is 8.25. The predicted molar refractivity (Wildman–Crippen MR) is 88.6 cm³/mol. The monoisotopic (exact) mass is 403 g/mol. The number of alkyl halides is 3. The van der Waals surface area contributed by atoms with Crippen molar-refractivity contribution in [2.75, 3.05) is 5.32 Å². The maximum Gasteiger partial charge on any atom is 0.418 e. The highest BCUT2D eigenvalue weighted by atomic mass is 35.5. The average molecular weight is 404 g/mol. The second kappa shape index (κ2) is 6.92. The molecule has 2 heterocycles. The molecule has 136 valence electrons. The number of hydrogen-bond acceptors (Lipinski definition) is 5. The van der Waals surface area contributed by atoms with E-state index < -0.39 is 35.6 Å². The molecule has 0 bridgehead atoms. The lowest BCUT2D eigenvalue weighted by Crippen LogP contribution is -2.30. The third kappa shape index (κ3) is 3.78. The first kappa shape index (κ1) is 18.1. The molecule has 1 amide bonds. The van der Waals surface area contributed by atoms with E-state index in [0.717, 1.165) is 15.4 Å². The highest BCUT2D eigenvalue weighted by molar-refractivity contribution is 7.12. The van der Waals surface area contributed by atoms with Crippen LogP contribution in [0, 0.1) is 0 Å². The van der Waals surface area contributed by atoms with Gasteiger partial charge in [0.15, 0.2) is 0 Å². The highest BCUT2D eigenvalue weighted by Crippen LogP contribution is 2.36. The summed E-state index contributed by atoms with van der Waals surface area (Å²) >= 11 is 6.82. The summed E-state index contributed by atoms with van der Waals surface area (Å²) in [5.41, 5.74) is -2.24. The number of aromatic nitrogens is 4. The van der Waals surface area contributed by atoms with Crippen molar-refractivity contribution in [2.24, 2.45) is 0 Å². The number of nitrogens with one attached hydrogen (secondary N) is 1. The van der Waals surface area contributed by atoms with Crippen molar-refractivity contribution in [1.82, 2.24) is 19.8 Å². The molecule has 1 aromatic carbocycles. The lowest BCUT2D eigenvalue weighted by atomic mass is 10.1. The molecule has 0 saturated heterocycles. The van der Waals surface area contributed by atoms with E-state index >= 15 is 0 Å². The molecule has 0 fully saturated rings. The second-order valence-electron chi connectivity index (χ2n) is 5.02. The van der Waals surface area contributed by atoms with Crippen LogP contribution in [-0.2, 0) is 17.5 Å². The first-order valence-electron chi connectivity index (χ1n) is 6.99. The maximum atomic E-state index is 13.0. The third-order valence-corrected chi connectivity index (χ3v) is 4.29. The van der Waals surface area contributed by atoms with Crippen LogP contribution in [0.1, 0.15) is 5.56 Å². The molecule has 1 N–H and O–H groups in total. The van der Waals surface area contributed by atoms with Gasteiger partial charge in [0, 0.05) is 5.02 Å². The fraction of sp³-hybridized carbons (Fsp3) is 0.143. The van der Waals surface area contributed by atoms with Crippen LogP contribution in [0.4, 0.5) is 18.9 Å². The van der Waals surface area contributed by atoms with E-state index in [9.17, 15) is 22.8 Å². The van der Waals surface area contributed by atoms with Gasteiger partial charge in [-0.1, -0.05) is 11.6 Å². The normalized spacial score (nSPS) is 11.5. The number of carbonyl (C=O) groups is 1. The summed E-state index contributed by atoms with van der Waals surface area (Å²) in [6.07, 6.45) is -4.70. The predicted octanol–water partition coefficient (Wildman–Crippen LogP) is 2.80. The van der Waals surface area contributed by atoms with Crippen molar-refractivity contribution in [3.8, 4) is 5.00 Å². The van der Waals surface area contributed by atoms with Crippen LogP contribution in [0.5, 0.6) is 0 Å². The first-order chi connectivity index (χ1) is 12.3. The third-order valence-electron chi connectivity index (χ3n) is 3.21. The molecule has 0 aliphatic heterocycles. The Balaban J connectivity index is 1.80. The molecule has 2 aromatic heterocycles. The highest BCUT2D eigenvalue weighted by Gasteiger charge is 2.34. The molecule has 12 heteroatoms. The van der Waals surface area contributed by atoms with E-state index in [1.807, 2.05) is 0 Å². The molecule has 0 saturated carbocycles. The summed E-state index contributed by atoms with van der Waals surface area (Å²) in [5.74, 6) is -0.863. The number of carbonyl (C=O) groups excluding carboxylic acids is 1. The Labute approximate surface area is 152 Å². The van der Waals surface area contributed by atoms with Crippen LogP contribution in [0.25, 0.3) is 5.00 Å². The van der Waals surface area contributed by atoms with Crippen LogP contribution in [0.3, 0.4) is 0 Å². The summed E-state index contributed by atoms with van der Waals surface area (Å²) in [5, 5.41) is 11.4. The molecule has 0 unspecified atom stereocenters. The molecule has 3 rings (SSSR count). The van der Waals surface area contributed by atoms with Gasteiger partial charge in [-0.25, -0.2) is 4.79 Å². The Morgan fingerprint density at radius 1 is 1.27 bits per heavy atom. The van der Waals surface area contributed by atoms with Crippen LogP contribution in [0.2, 0.25) is 5.02 Å². The maximum absolute atomic E-state index is 13.0. The smallest absolute Gasteiger partial charge is 0.324 e. The summed E-state index contributed by atoms with van der Waals surface area (Å²) in [4.78, 5) is 24.2. The van der Waals surface area contributed by atoms with Gasteiger partial charge in [0.1, 0.15) is 11.5 Å². The number of benzene rings is 1. The van der Waals surface area contributed by atoms with Gasteiger partial charge in [0.2, 0.25) is 5.91 Å². The number of thiophene rings is 1. The fourth-order valence-corrected chi connectivity index (χ4v) is 2.93. The van der Waals surface area contributed by atoms with Crippen molar-refractivity contribution >= 4 is 34.5 Å². The fourth-order valence-electron chi connectivity index (χ4n) is 2.09. The van der Waals surface area contributed by atoms with Crippen molar-refractivity contribution in [3.63, 3.8) is 0 Å². The molecule has 0 aliphatic rings. The van der Waals surface area contributed by atoms with E-state index in [-0.39, 0.29) is 5.02 Å². The summed E-state index contributed by atoms with van der Waals surface area (Å²) in [6, 6.07) is 6.29. The van der Waals surface area contributed by atoms with Gasteiger partial charge in [0.25, 0.3) is 0 Å². The van der Waals surface area contributed by atoms with Crippen LogP contribution in [-0.4, -0.2) is 25.7 Å². The zero-order valence-electron chi connectivity index (χ0n) is 12.7. The Morgan fingerprint density at radius 2 is 2.04 bits per heavy atom. The topological polar surface area (TPSA) is 81.8 Å². The Morgan fingerprint density at radius 3 is 2.69 bits per heavy atom. The lowest BCUT2D eigenvalue weighted by Gasteiger charge is -2.13. The Kier molecular flexibility index (Phi) is 4.83. The minimum absolute atomic E-state index is 0.120. The van der Waals surface area contributed by atoms with Gasteiger partial charge in [0.05, 0.1) is 11.3 Å². The zero-order chi connectivity index (χ0) is 18.9. The molecule has 0 spiro atoms. The van der Waals surface area contributed by atoms with E-state index in [1.165, 1.54) is 17.4 Å². The van der Waals surface area contributed by atoms with Gasteiger partial charge in [-0.3, -0.25) is 4.79 Å². The van der Waals surface area contributed by atoms with E-state index in [0.29, 0.717) is 11.1 Å². The molecular formula is C14H9ClF3N5O2S. The van der Waals surface area contributed by atoms with Crippen LogP contribution in [0.15, 0.2) is 40.5 Å². The minimum Gasteiger partial charge on any atom is -0.324 e. The number of rotatable bonds is 4. The Hall–Kier alpha value is -2.66.